The predicted molar refractivity (Wildman–Crippen MR) is 74.2 cm³/mol. The maximum atomic E-state index is 12.0. The Balaban J connectivity index is 3.05. The van der Waals surface area contributed by atoms with E-state index >= 15 is 0 Å². The molecule has 1 rings (SSSR count). The fraction of sp³-hybridized carbons (Fsp3) is 0.533. The van der Waals surface area contributed by atoms with Crippen LogP contribution < -0.4 is 0 Å². The number of carbonyl (C=O) groups is 3. The Kier molecular flexibility index (Phi) is 6.14. The molecule has 0 aromatic heterocycles. The van der Waals surface area contributed by atoms with Gasteiger partial charge in [0.1, 0.15) is 5.41 Å². The van der Waals surface area contributed by atoms with Crippen LogP contribution in [0.15, 0.2) is 24.0 Å². The van der Waals surface area contributed by atoms with E-state index in [9.17, 15) is 14.4 Å². The fourth-order valence-electron chi connectivity index (χ4n) is 1.91. The summed E-state index contributed by atoms with van der Waals surface area (Å²) in [6, 6.07) is 0. The summed E-state index contributed by atoms with van der Waals surface area (Å²) < 4.78 is 14.7. The Morgan fingerprint density at radius 3 is 2.52 bits per heavy atom. The van der Waals surface area contributed by atoms with Gasteiger partial charge in [0.15, 0.2) is 5.76 Å². The van der Waals surface area contributed by atoms with Crippen LogP contribution in [0.4, 0.5) is 0 Å². The molecular formula is C15H20O6. The van der Waals surface area contributed by atoms with E-state index in [-0.39, 0.29) is 18.0 Å². The van der Waals surface area contributed by atoms with Crippen molar-refractivity contribution in [1.82, 2.24) is 0 Å². The van der Waals surface area contributed by atoms with E-state index in [1.54, 1.807) is 0 Å². The number of methoxy groups -OCH3 is 2. The van der Waals surface area contributed by atoms with Gasteiger partial charge >= 0.3 is 11.9 Å². The first kappa shape index (κ1) is 16.9. The molecule has 0 aromatic rings. The van der Waals surface area contributed by atoms with Crippen molar-refractivity contribution in [1.29, 1.82) is 0 Å². The second-order valence-corrected chi connectivity index (χ2v) is 4.69. The molecule has 0 N–H and O–H groups in total. The van der Waals surface area contributed by atoms with Crippen molar-refractivity contribution in [3.8, 4) is 0 Å². The molecule has 0 saturated carbocycles. The standard InChI is InChI=1S/C15H20O6/c1-4-5-8-21-12-9-15(14(18)20-3,7-6-11(12)16)10-13(17)19-2/h6-7,9H,4-5,8,10H2,1-3H3. The molecule has 1 unspecified atom stereocenters. The maximum Gasteiger partial charge on any atom is 0.320 e. The SMILES string of the molecule is CCCCOC1=CC(CC(=O)OC)(C(=O)OC)C=CC1=O. The predicted octanol–water partition coefficient (Wildman–Crippen LogP) is 1.55. The Labute approximate surface area is 123 Å². The lowest BCUT2D eigenvalue weighted by molar-refractivity contribution is -0.154. The molecular weight excluding hydrogens is 276 g/mol. The first-order valence-corrected chi connectivity index (χ1v) is 6.73. The molecule has 0 saturated heterocycles. The number of hydrogen-bond donors (Lipinski definition) is 0. The Morgan fingerprint density at radius 1 is 1.24 bits per heavy atom. The second-order valence-electron chi connectivity index (χ2n) is 4.69. The van der Waals surface area contributed by atoms with Crippen LogP contribution in [0, 0.1) is 5.41 Å². The summed E-state index contributed by atoms with van der Waals surface area (Å²) in [5.41, 5.74) is -1.36. The molecule has 6 heteroatoms. The van der Waals surface area contributed by atoms with Crippen molar-refractivity contribution in [2.75, 3.05) is 20.8 Å². The third-order valence-corrected chi connectivity index (χ3v) is 3.15. The first-order chi connectivity index (χ1) is 9.99. The molecule has 1 aliphatic carbocycles. The van der Waals surface area contributed by atoms with Crippen LogP contribution >= 0.6 is 0 Å². The van der Waals surface area contributed by atoms with Crippen LogP contribution in [0.5, 0.6) is 0 Å². The summed E-state index contributed by atoms with van der Waals surface area (Å²) in [5.74, 6) is -1.51. The highest BCUT2D eigenvalue weighted by molar-refractivity contribution is 6.06. The zero-order valence-electron chi connectivity index (χ0n) is 12.5. The van der Waals surface area contributed by atoms with Crippen LogP contribution in [-0.4, -0.2) is 38.5 Å². The quantitative estimate of drug-likeness (QED) is 0.524. The van der Waals surface area contributed by atoms with Crippen LogP contribution in [0.3, 0.4) is 0 Å². The normalized spacial score (nSPS) is 20.7. The molecule has 1 aliphatic rings. The zero-order chi connectivity index (χ0) is 15.9. The maximum absolute atomic E-state index is 12.0. The molecule has 116 valence electrons. The average Bonchev–Trinajstić information content (AvgIpc) is 2.49. The highest BCUT2D eigenvalue weighted by Crippen LogP contribution is 2.33. The highest BCUT2D eigenvalue weighted by Gasteiger charge is 2.41. The number of carbonyl (C=O) groups excluding carboxylic acids is 3. The Morgan fingerprint density at radius 2 is 1.95 bits per heavy atom. The third-order valence-electron chi connectivity index (χ3n) is 3.15. The van der Waals surface area contributed by atoms with Crippen molar-refractivity contribution in [3.63, 3.8) is 0 Å². The van der Waals surface area contributed by atoms with E-state index in [0.29, 0.717) is 6.61 Å². The lowest BCUT2D eigenvalue weighted by atomic mass is 9.80. The topological polar surface area (TPSA) is 78.9 Å². The van der Waals surface area contributed by atoms with Gasteiger partial charge in [0, 0.05) is 0 Å². The van der Waals surface area contributed by atoms with E-state index in [4.69, 9.17) is 9.47 Å². The van der Waals surface area contributed by atoms with Crippen molar-refractivity contribution >= 4 is 17.7 Å². The summed E-state index contributed by atoms with van der Waals surface area (Å²) in [4.78, 5) is 35.4. The van der Waals surface area contributed by atoms with Gasteiger partial charge < -0.3 is 14.2 Å². The van der Waals surface area contributed by atoms with E-state index in [2.05, 4.69) is 4.74 Å². The van der Waals surface area contributed by atoms with Gasteiger partial charge in [0.2, 0.25) is 5.78 Å². The van der Waals surface area contributed by atoms with E-state index in [0.717, 1.165) is 12.8 Å². The minimum absolute atomic E-state index is 0.0558. The van der Waals surface area contributed by atoms with Crippen molar-refractivity contribution in [2.45, 2.75) is 26.2 Å². The fourth-order valence-corrected chi connectivity index (χ4v) is 1.91. The summed E-state index contributed by atoms with van der Waals surface area (Å²) in [7, 11) is 2.45. The molecule has 0 bridgehead atoms. The lowest BCUT2D eigenvalue weighted by Gasteiger charge is -2.26. The van der Waals surface area contributed by atoms with Gasteiger partial charge in [-0.3, -0.25) is 14.4 Å². The van der Waals surface area contributed by atoms with Gasteiger partial charge in [0.25, 0.3) is 0 Å². The number of hydrogen-bond acceptors (Lipinski definition) is 6. The van der Waals surface area contributed by atoms with Crippen molar-refractivity contribution in [2.24, 2.45) is 5.41 Å². The summed E-state index contributed by atoms with van der Waals surface area (Å²) in [6.07, 6.45) is 5.37. The molecule has 0 aliphatic heterocycles. The molecule has 0 spiro atoms. The second kappa shape index (κ2) is 7.61. The van der Waals surface area contributed by atoms with Gasteiger partial charge in [0.05, 0.1) is 27.2 Å². The summed E-state index contributed by atoms with van der Waals surface area (Å²) in [5, 5.41) is 0. The largest absolute Gasteiger partial charge is 0.490 e. The average molecular weight is 296 g/mol. The van der Waals surface area contributed by atoms with Gasteiger partial charge in [-0.1, -0.05) is 19.4 Å². The van der Waals surface area contributed by atoms with Gasteiger partial charge in [-0.25, -0.2) is 0 Å². The minimum atomic E-state index is -1.36. The Bertz CT molecular complexity index is 477. The van der Waals surface area contributed by atoms with E-state index in [1.807, 2.05) is 6.92 Å². The molecule has 0 heterocycles. The van der Waals surface area contributed by atoms with Gasteiger partial charge in [-0.05, 0) is 18.6 Å². The number of ether oxygens (including phenoxy) is 3. The smallest absolute Gasteiger partial charge is 0.320 e. The molecule has 0 aromatic carbocycles. The number of unbranched alkanes of at least 4 members (excludes halogenated alkanes) is 1. The molecule has 21 heavy (non-hydrogen) atoms. The number of allylic oxidation sites excluding steroid dienone is 1. The molecule has 0 fully saturated rings. The third kappa shape index (κ3) is 4.18. The summed E-state index contributed by atoms with van der Waals surface area (Å²) in [6.45, 7) is 2.37. The van der Waals surface area contributed by atoms with Gasteiger partial charge in [-0.15, -0.1) is 0 Å². The van der Waals surface area contributed by atoms with Crippen LogP contribution in [0.2, 0.25) is 0 Å². The van der Waals surface area contributed by atoms with Crippen LogP contribution in [0.25, 0.3) is 0 Å². The minimum Gasteiger partial charge on any atom is -0.490 e. The lowest BCUT2D eigenvalue weighted by Crippen LogP contribution is -2.34. The number of rotatable bonds is 7. The molecule has 0 radical (unpaired) electrons. The summed E-state index contributed by atoms with van der Waals surface area (Å²) >= 11 is 0. The first-order valence-electron chi connectivity index (χ1n) is 6.73. The number of esters is 2. The Hall–Kier alpha value is -2.11. The molecule has 1 atom stereocenters. The number of ketones is 1. The monoisotopic (exact) mass is 296 g/mol. The highest BCUT2D eigenvalue weighted by atomic mass is 16.5. The molecule has 0 amide bonds. The van der Waals surface area contributed by atoms with Crippen molar-refractivity contribution < 1.29 is 28.6 Å². The van der Waals surface area contributed by atoms with E-state index < -0.39 is 17.4 Å². The van der Waals surface area contributed by atoms with Gasteiger partial charge in [-0.2, -0.15) is 0 Å². The zero-order valence-corrected chi connectivity index (χ0v) is 12.5. The van der Waals surface area contributed by atoms with Crippen molar-refractivity contribution in [3.05, 3.63) is 24.0 Å². The molecule has 6 nitrogen and oxygen atoms in total. The van der Waals surface area contributed by atoms with E-state index in [1.165, 1.54) is 32.4 Å². The van der Waals surface area contributed by atoms with Crippen LogP contribution in [-0.2, 0) is 28.6 Å². The van der Waals surface area contributed by atoms with Crippen LogP contribution in [0.1, 0.15) is 26.2 Å².